The molecule has 4 rings (SSSR count). The molecular formula is C26H29F3O4Se. The Morgan fingerprint density at radius 3 is 2.53 bits per heavy atom. The number of carbonyl (C=O) groups is 1. The first-order valence-corrected chi connectivity index (χ1v) is 13.1. The van der Waals surface area contributed by atoms with Gasteiger partial charge in [-0.1, -0.05) is 0 Å². The first-order chi connectivity index (χ1) is 15.9. The molecule has 1 aliphatic carbocycles. The average molecular weight is 541 g/mol. The Hall–Kier alpha value is -2.18. The number of esters is 1. The Balaban J connectivity index is 1.61. The van der Waals surface area contributed by atoms with Crippen molar-refractivity contribution >= 4 is 25.4 Å². The standard InChI is InChI=1S/C26H29F3O4Se/c1-24(2)20-14-17-12-16(15-32-23(30)26(27,28)29)13-19(31-4)22(17)33-25(20,3)11-10-21(24)34-18-8-6-5-7-9-18/h5-9,12-13,20-21H,10-11,14-15H2,1-4H3/t20-,21-,25-/m0/s1. The van der Waals surface area contributed by atoms with E-state index in [1.54, 1.807) is 12.1 Å². The van der Waals surface area contributed by atoms with E-state index in [0.29, 0.717) is 36.8 Å². The minimum atomic E-state index is -5.02. The molecule has 0 amide bonds. The fraction of sp³-hybridized carbons (Fsp3) is 0.500. The predicted molar refractivity (Wildman–Crippen MR) is 124 cm³/mol. The Labute approximate surface area is 204 Å². The van der Waals surface area contributed by atoms with Gasteiger partial charge in [0.1, 0.15) is 0 Å². The first kappa shape index (κ1) is 24.9. The zero-order valence-electron chi connectivity index (χ0n) is 19.7. The van der Waals surface area contributed by atoms with Gasteiger partial charge in [0.05, 0.1) is 0 Å². The van der Waals surface area contributed by atoms with Crippen molar-refractivity contribution in [1.82, 2.24) is 0 Å². The third-order valence-corrected chi connectivity index (χ3v) is 10.7. The molecule has 1 aliphatic heterocycles. The molecular weight excluding hydrogens is 512 g/mol. The quantitative estimate of drug-likeness (QED) is 0.384. The van der Waals surface area contributed by atoms with Crippen LogP contribution in [0.15, 0.2) is 42.5 Å². The van der Waals surface area contributed by atoms with Gasteiger partial charge in [0, 0.05) is 0 Å². The van der Waals surface area contributed by atoms with E-state index in [-0.39, 0.29) is 16.9 Å². The summed E-state index contributed by atoms with van der Waals surface area (Å²) in [6.07, 6.45) is -2.31. The number of methoxy groups -OCH3 is 1. The molecule has 8 heteroatoms. The summed E-state index contributed by atoms with van der Waals surface area (Å²) in [5.41, 5.74) is 0.948. The van der Waals surface area contributed by atoms with Crippen LogP contribution in [0.3, 0.4) is 0 Å². The van der Waals surface area contributed by atoms with Crippen molar-refractivity contribution in [3.8, 4) is 11.5 Å². The number of halogens is 3. The number of hydrogen-bond donors (Lipinski definition) is 0. The monoisotopic (exact) mass is 542 g/mol. The second-order valence-electron chi connectivity index (χ2n) is 9.81. The van der Waals surface area contributed by atoms with Crippen molar-refractivity contribution in [1.29, 1.82) is 0 Å². The number of rotatable bonds is 5. The normalized spacial score (nSPS) is 25.5. The maximum atomic E-state index is 12.6. The molecule has 3 atom stereocenters. The number of benzene rings is 2. The topological polar surface area (TPSA) is 44.8 Å². The second kappa shape index (κ2) is 9.12. The number of carbonyl (C=O) groups excluding carboxylic acids is 1. The molecule has 1 saturated carbocycles. The van der Waals surface area contributed by atoms with Gasteiger partial charge in [-0.05, 0) is 0 Å². The molecule has 2 aliphatic rings. The third-order valence-electron chi connectivity index (χ3n) is 7.16. The molecule has 0 unspecified atom stereocenters. The van der Waals surface area contributed by atoms with Crippen LogP contribution in [0.2, 0.25) is 4.82 Å². The van der Waals surface area contributed by atoms with Gasteiger partial charge in [-0.2, -0.15) is 0 Å². The van der Waals surface area contributed by atoms with E-state index in [4.69, 9.17) is 9.47 Å². The molecule has 1 fully saturated rings. The van der Waals surface area contributed by atoms with Gasteiger partial charge in [-0.3, -0.25) is 0 Å². The van der Waals surface area contributed by atoms with Crippen LogP contribution in [0.25, 0.3) is 0 Å². The zero-order valence-corrected chi connectivity index (χ0v) is 21.4. The first-order valence-electron chi connectivity index (χ1n) is 11.3. The van der Waals surface area contributed by atoms with Crippen molar-refractivity contribution in [2.75, 3.05) is 7.11 Å². The van der Waals surface area contributed by atoms with Crippen LogP contribution in [-0.4, -0.2) is 39.8 Å². The Bertz CT molecular complexity index is 1050. The van der Waals surface area contributed by atoms with E-state index >= 15 is 0 Å². The minimum absolute atomic E-state index is 0.00742. The molecule has 0 radical (unpaired) electrons. The summed E-state index contributed by atoms with van der Waals surface area (Å²) in [5.74, 6) is -0.902. The number of ether oxygens (including phenoxy) is 3. The van der Waals surface area contributed by atoms with Gasteiger partial charge in [0.15, 0.2) is 0 Å². The molecule has 0 saturated heterocycles. The van der Waals surface area contributed by atoms with Crippen molar-refractivity contribution in [3.63, 3.8) is 0 Å². The van der Waals surface area contributed by atoms with Crippen LogP contribution >= 0.6 is 0 Å². The van der Waals surface area contributed by atoms with E-state index in [1.807, 2.05) is 6.07 Å². The van der Waals surface area contributed by atoms with Gasteiger partial charge < -0.3 is 0 Å². The molecule has 1 heterocycles. The summed E-state index contributed by atoms with van der Waals surface area (Å²) in [6, 6.07) is 13.9. The van der Waals surface area contributed by atoms with Crippen molar-refractivity contribution in [2.45, 2.75) is 63.2 Å². The Morgan fingerprint density at radius 2 is 1.88 bits per heavy atom. The van der Waals surface area contributed by atoms with Crippen molar-refractivity contribution in [3.05, 3.63) is 53.6 Å². The average Bonchev–Trinajstić information content (AvgIpc) is 2.78. The van der Waals surface area contributed by atoms with Gasteiger partial charge >= 0.3 is 204 Å². The van der Waals surface area contributed by atoms with Gasteiger partial charge in [-0.15, -0.1) is 0 Å². The molecule has 0 N–H and O–H groups in total. The van der Waals surface area contributed by atoms with Crippen LogP contribution in [0.5, 0.6) is 11.5 Å². The van der Waals surface area contributed by atoms with E-state index in [2.05, 4.69) is 49.8 Å². The van der Waals surface area contributed by atoms with Crippen LogP contribution in [0.1, 0.15) is 44.7 Å². The second-order valence-corrected chi connectivity index (χ2v) is 12.5. The molecule has 0 aromatic heterocycles. The zero-order chi connectivity index (χ0) is 24.7. The van der Waals surface area contributed by atoms with Crippen LogP contribution in [0, 0.1) is 11.3 Å². The summed E-state index contributed by atoms with van der Waals surface area (Å²) < 4.78 is 55.7. The number of hydrogen-bond acceptors (Lipinski definition) is 4. The fourth-order valence-corrected chi connectivity index (χ4v) is 8.18. The van der Waals surface area contributed by atoms with Crippen molar-refractivity contribution in [2.24, 2.45) is 11.3 Å². The van der Waals surface area contributed by atoms with E-state index in [1.165, 1.54) is 11.6 Å². The van der Waals surface area contributed by atoms with E-state index in [9.17, 15) is 18.0 Å². The molecule has 0 spiro atoms. The Morgan fingerprint density at radius 1 is 1.18 bits per heavy atom. The van der Waals surface area contributed by atoms with Crippen molar-refractivity contribution < 1.29 is 32.2 Å². The maximum absolute atomic E-state index is 12.6. The third kappa shape index (κ3) is 4.80. The summed E-state index contributed by atoms with van der Waals surface area (Å²) in [6.45, 7) is 6.30. The molecule has 184 valence electrons. The van der Waals surface area contributed by atoms with Crippen LogP contribution in [-0.2, 0) is 22.6 Å². The molecule has 2 aromatic rings. The summed E-state index contributed by atoms with van der Waals surface area (Å²) in [5, 5.41) is 0. The van der Waals surface area contributed by atoms with Crippen LogP contribution < -0.4 is 13.9 Å². The molecule has 34 heavy (non-hydrogen) atoms. The van der Waals surface area contributed by atoms with Gasteiger partial charge in [0.25, 0.3) is 0 Å². The fourth-order valence-electron chi connectivity index (χ4n) is 5.36. The van der Waals surface area contributed by atoms with Gasteiger partial charge in [0.2, 0.25) is 0 Å². The Kier molecular flexibility index (Phi) is 6.69. The summed E-state index contributed by atoms with van der Waals surface area (Å²) in [4.78, 5) is 11.7. The van der Waals surface area contributed by atoms with Crippen LogP contribution in [0.4, 0.5) is 13.2 Å². The summed E-state index contributed by atoms with van der Waals surface area (Å²) in [7, 11) is 1.50. The SMILES string of the molecule is COc1cc(COC(=O)C(F)(F)F)cc2c1O[C@@]1(C)CC[C@H]([Se]c3ccccc3)C(C)(C)[C@@H]1C2. The molecule has 4 nitrogen and oxygen atoms in total. The number of alkyl halides is 3. The van der Waals surface area contributed by atoms with E-state index < -0.39 is 18.8 Å². The molecule has 0 bridgehead atoms. The summed E-state index contributed by atoms with van der Waals surface area (Å²) >= 11 is 0.317. The van der Waals surface area contributed by atoms with Gasteiger partial charge in [-0.25, -0.2) is 0 Å². The predicted octanol–water partition coefficient (Wildman–Crippen LogP) is 5.25. The van der Waals surface area contributed by atoms with E-state index in [0.717, 1.165) is 24.8 Å². The number of fused-ring (bicyclic) bond motifs is 2. The molecule has 2 aromatic carbocycles.